The molecule has 2 aromatic rings. The van der Waals surface area contributed by atoms with Crippen molar-refractivity contribution in [2.75, 3.05) is 30.8 Å². The van der Waals surface area contributed by atoms with Gasteiger partial charge in [0.25, 0.3) is 0 Å². The molecule has 8 heteroatoms. The first-order chi connectivity index (χ1) is 13.6. The number of amides is 1. The molecule has 0 heterocycles. The van der Waals surface area contributed by atoms with E-state index in [1.165, 1.54) is 0 Å². The molecular formula is C21H28N2O5S. The van der Waals surface area contributed by atoms with E-state index in [-0.39, 0.29) is 19.2 Å². The molecule has 0 aliphatic rings. The maximum absolute atomic E-state index is 12.5. The lowest BCUT2D eigenvalue weighted by Gasteiger charge is -2.25. The van der Waals surface area contributed by atoms with Gasteiger partial charge in [0.15, 0.2) is 0 Å². The second kappa shape index (κ2) is 9.65. The summed E-state index contributed by atoms with van der Waals surface area (Å²) in [5.74, 6) is 0.979. The molecule has 0 radical (unpaired) electrons. The first kappa shape index (κ1) is 22.5. The average molecular weight is 421 g/mol. The second-order valence-electron chi connectivity index (χ2n) is 7.01. The Labute approximate surface area is 172 Å². The normalized spacial score (nSPS) is 12.2. The zero-order chi connectivity index (χ0) is 21.6. The van der Waals surface area contributed by atoms with Crippen molar-refractivity contribution in [1.29, 1.82) is 0 Å². The minimum absolute atomic E-state index is 0.250. The van der Waals surface area contributed by atoms with Gasteiger partial charge in [0.1, 0.15) is 24.7 Å². The Balaban J connectivity index is 1.98. The van der Waals surface area contributed by atoms with E-state index in [1.54, 1.807) is 44.4 Å². The standard InChI is InChI=1S/C21H28N2O5S/c1-15-6-11-20(16(2)12-15)23(29(5,25)26)13-21(24)22-17(3)14-28-19-9-7-18(27-4)8-10-19/h6-12,17H,13-14H2,1-5H3,(H,22,24)/t17-/m0/s1. The van der Waals surface area contributed by atoms with E-state index < -0.39 is 15.9 Å². The number of anilines is 1. The van der Waals surface area contributed by atoms with Crippen LogP contribution in [0.15, 0.2) is 42.5 Å². The van der Waals surface area contributed by atoms with Crippen molar-refractivity contribution in [3.05, 3.63) is 53.6 Å². The van der Waals surface area contributed by atoms with Crippen LogP contribution in [0, 0.1) is 13.8 Å². The van der Waals surface area contributed by atoms with Crippen LogP contribution in [-0.4, -0.2) is 46.9 Å². The third kappa shape index (κ3) is 6.67. The summed E-state index contributed by atoms with van der Waals surface area (Å²) in [6, 6.07) is 12.2. The topological polar surface area (TPSA) is 84.9 Å². The van der Waals surface area contributed by atoms with Crippen molar-refractivity contribution in [3.8, 4) is 11.5 Å². The number of aryl methyl sites for hydroxylation is 2. The van der Waals surface area contributed by atoms with Crippen LogP contribution >= 0.6 is 0 Å². The molecule has 1 amide bonds. The van der Waals surface area contributed by atoms with Gasteiger partial charge >= 0.3 is 0 Å². The molecule has 0 saturated heterocycles. The summed E-state index contributed by atoms with van der Waals surface area (Å²) in [5, 5.41) is 2.78. The summed E-state index contributed by atoms with van der Waals surface area (Å²) in [6.07, 6.45) is 1.09. The van der Waals surface area contributed by atoms with Gasteiger partial charge in [-0.05, 0) is 56.7 Å². The van der Waals surface area contributed by atoms with Crippen LogP contribution in [0.5, 0.6) is 11.5 Å². The number of hydrogen-bond donors (Lipinski definition) is 1. The molecule has 29 heavy (non-hydrogen) atoms. The highest BCUT2D eigenvalue weighted by Gasteiger charge is 2.23. The lowest BCUT2D eigenvalue weighted by atomic mass is 10.1. The number of methoxy groups -OCH3 is 1. The minimum Gasteiger partial charge on any atom is -0.497 e. The van der Waals surface area contributed by atoms with Gasteiger partial charge in [0.2, 0.25) is 15.9 Å². The number of carbonyl (C=O) groups is 1. The van der Waals surface area contributed by atoms with E-state index in [2.05, 4.69) is 5.32 Å². The molecular weight excluding hydrogens is 392 g/mol. The Morgan fingerprint density at radius 1 is 1.10 bits per heavy atom. The molecule has 0 aliphatic carbocycles. The molecule has 0 saturated carbocycles. The monoisotopic (exact) mass is 420 g/mol. The Hall–Kier alpha value is -2.74. The number of rotatable bonds is 9. The van der Waals surface area contributed by atoms with Crippen LogP contribution in [0.3, 0.4) is 0 Å². The van der Waals surface area contributed by atoms with Crippen LogP contribution < -0.4 is 19.1 Å². The van der Waals surface area contributed by atoms with Crippen molar-refractivity contribution >= 4 is 21.6 Å². The molecule has 1 N–H and O–H groups in total. The Morgan fingerprint density at radius 3 is 2.28 bits per heavy atom. The fraction of sp³-hybridized carbons (Fsp3) is 0.381. The second-order valence-corrected chi connectivity index (χ2v) is 8.92. The smallest absolute Gasteiger partial charge is 0.241 e. The SMILES string of the molecule is COc1ccc(OC[C@H](C)NC(=O)CN(c2ccc(C)cc2C)S(C)(=O)=O)cc1. The number of nitrogens with one attached hydrogen (secondary N) is 1. The molecule has 0 aliphatic heterocycles. The Bertz CT molecular complexity index is 942. The van der Waals surface area contributed by atoms with E-state index in [0.717, 1.165) is 27.4 Å². The number of nitrogens with zero attached hydrogens (tertiary/aromatic N) is 1. The average Bonchev–Trinajstić information content (AvgIpc) is 2.64. The maximum Gasteiger partial charge on any atom is 0.241 e. The molecule has 7 nitrogen and oxygen atoms in total. The highest BCUT2D eigenvalue weighted by atomic mass is 32.2. The number of carbonyl (C=O) groups excluding carboxylic acids is 1. The lowest BCUT2D eigenvalue weighted by molar-refractivity contribution is -0.120. The predicted octanol–water partition coefficient (Wildman–Crippen LogP) is 2.66. The van der Waals surface area contributed by atoms with Gasteiger partial charge in [-0.15, -0.1) is 0 Å². The summed E-state index contributed by atoms with van der Waals surface area (Å²) >= 11 is 0. The zero-order valence-corrected chi connectivity index (χ0v) is 18.2. The molecule has 0 unspecified atom stereocenters. The minimum atomic E-state index is -3.62. The Morgan fingerprint density at radius 2 is 1.72 bits per heavy atom. The lowest BCUT2D eigenvalue weighted by Crippen LogP contribution is -2.45. The van der Waals surface area contributed by atoms with Gasteiger partial charge in [-0.25, -0.2) is 8.42 Å². The number of hydrogen-bond acceptors (Lipinski definition) is 5. The van der Waals surface area contributed by atoms with E-state index in [0.29, 0.717) is 11.4 Å². The van der Waals surface area contributed by atoms with Gasteiger partial charge in [0.05, 0.1) is 25.1 Å². The van der Waals surface area contributed by atoms with Crippen molar-refractivity contribution in [3.63, 3.8) is 0 Å². The third-order valence-corrected chi connectivity index (χ3v) is 5.40. The van der Waals surface area contributed by atoms with Crippen molar-refractivity contribution < 1.29 is 22.7 Å². The van der Waals surface area contributed by atoms with Crippen LogP contribution in [0.25, 0.3) is 0 Å². The first-order valence-electron chi connectivity index (χ1n) is 9.21. The van der Waals surface area contributed by atoms with E-state index >= 15 is 0 Å². The van der Waals surface area contributed by atoms with Crippen LogP contribution in [0.1, 0.15) is 18.1 Å². The molecule has 158 valence electrons. The summed E-state index contributed by atoms with van der Waals surface area (Å²) in [7, 11) is -2.03. The van der Waals surface area contributed by atoms with E-state index in [1.807, 2.05) is 26.0 Å². The molecule has 0 fully saturated rings. The van der Waals surface area contributed by atoms with Gasteiger partial charge in [-0.3, -0.25) is 9.10 Å². The van der Waals surface area contributed by atoms with Crippen LogP contribution in [0.2, 0.25) is 0 Å². The fourth-order valence-electron chi connectivity index (χ4n) is 2.85. The van der Waals surface area contributed by atoms with Crippen LogP contribution in [0.4, 0.5) is 5.69 Å². The summed E-state index contributed by atoms with van der Waals surface area (Å²) in [6.45, 7) is 5.50. The van der Waals surface area contributed by atoms with Crippen LogP contribution in [-0.2, 0) is 14.8 Å². The number of sulfonamides is 1. The highest BCUT2D eigenvalue weighted by molar-refractivity contribution is 7.92. The highest BCUT2D eigenvalue weighted by Crippen LogP contribution is 2.23. The van der Waals surface area contributed by atoms with Gasteiger partial charge in [-0.2, -0.15) is 0 Å². The summed E-state index contributed by atoms with van der Waals surface area (Å²) < 4.78 is 36.4. The largest absolute Gasteiger partial charge is 0.497 e. The number of benzene rings is 2. The molecule has 2 aromatic carbocycles. The Kier molecular flexibility index (Phi) is 7.50. The van der Waals surface area contributed by atoms with E-state index in [9.17, 15) is 13.2 Å². The molecule has 0 aromatic heterocycles. The van der Waals surface area contributed by atoms with Crippen molar-refractivity contribution in [1.82, 2.24) is 5.32 Å². The van der Waals surface area contributed by atoms with Gasteiger partial charge in [0, 0.05) is 0 Å². The molecule has 1 atom stereocenters. The number of ether oxygens (including phenoxy) is 2. The van der Waals surface area contributed by atoms with E-state index in [4.69, 9.17) is 9.47 Å². The molecule has 0 spiro atoms. The molecule has 0 bridgehead atoms. The van der Waals surface area contributed by atoms with Crippen molar-refractivity contribution in [2.45, 2.75) is 26.8 Å². The van der Waals surface area contributed by atoms with Gasteiger partial charge < -0.3 is 14.8 Å². The zero-order valence-electron chi connectivity index (χ0n) is 17.4. The molecule has 2 rings (SSSR count). The predicted molar refractivity (Wildman–Crippen MR) is 114 cm³/mol. The first-order valence-corrected chi connectivity index (χ1v) is 11.1. The summed E-state index contributed by atoms with van der Waals surface area (Å²) in [4.78, 5) is 12.5. The third-order valence-electron chi connectivity index (χ3n) is 4.28. The summed E-state index contributed by atoms with van der Waals surface area (Å²) in [5.41, 5.74) is 2.31. The fourth-order valence-corrected chi connectivity index (χ4v) is 3.77. The quantitative estimate of drug-likeness (QED) is 0.674. The maximum atomic E-state index is 12.5. The van der Waals surface area contributed by atoms with Gasteiger partial charge in [-0.1, -0.05) is 17.7 Å². The van der Waals surface area contributed by atoms with Crippen molar-refractivity contribution in [2.24, 2.45) is 0 Å².